The Bertz CT molecular complexity index is 799. The van der Waals surface area contributed by atoms with Gasteiger partial charge in [0.15, 0.2) is 0 Å². The Hall–Kier alpha value is -0.290. The molecular formula is C30H50O3S. The van der Waals surface area contributed by atoms with Crippen LogP contribution < -0.4 is 0 Å². The molecule has 0 amide bonds. The predicted molar refractivity (Wildman–Crippen MR) is 144 cm³/mol. The van der Waals surface area contributed by atoms with Gasteiger partial charge in [-0.1, -0.05) is 77.2 Å². The lowest BCUT2D eigenvalue weighted by atomic mass is 9.49. The second-order valence-electron chi connectivity index (χ2n) is 12.6. The summed E-state index contributed by atoms with van der Waals surface area (Å²) in [5.74, 6) is 2.62. The summed E-state index contributed by atoms with van der Waals surface area (Å²) in [6.45, 7) is 11.4. The Kier molecular flexibility index (Phi) is 7.77. The van der Waals surface area contributed by atoms with Crippen molar-refractivity contribution in [2.75, 3.05) is 5.75 Å². The van der Waals surface area contributed by atoms with E-state index in [0.717, 1.165) is 43.8 Å². The van der Waals surface area contributed by atoms with Crippen LogP contribution in [0.25, 0.3) is 0 Å². The molecule has 4 heteroatoms. The van der Waals surface area contributed by atoms with Gasteiger partial charge in [0.25, 0.3) is 0 Å². The lowest BCUT2D eigenvalue weighted by Gasteiger charge is -2.57. The van der Waals surface area contributed by atoms with Crippen molar-refractivity contribution in [3.05, 3.63) is 23.3 Å². The summed E-state index contributed by atoms with van der Waals surface area (Å²) in [6.07, 6.45) is 15.8. The molecule has 3 N–H and O–H groups in total. The molecule has 7 atom stereocenters. The van der Waals surface area contributed by atoms with Crippen molar-refractivity contribution >= 4 is 11.8 Å². The maximum Gasteiger partial charge on any atom is 0.116 e. The van der Waals surface area contributed by atoms with Crippen LogP contribution in [0, 0.1) is 28.6 Å². The fraction of sp³-hybridized carbons (Fsp3) is 0.867. The van der Waals surface area contributed by atoms with Gasteiger partial charge in [0, 0.05) is 18.3 Å². The van der Waals surface area contributed by atoms with Gasteiger partial charge in [-0.25, -0.2) is 0 Å². The van der Waals surface area contributed by atoms with Crippen LogP contribution in [0.2, 0.25) is 0 Å². The summed E-state index contributed by atoms with van der Waals surface area (Å²) >= 11 is 1.56. The van der Waals surface area contributed by atoms with Crippen LogP contribution in [0.5, 0.6) is 0 Å². The number of aliphatic hydroxyl groups is 3. The number of aliphatic hydroxyl groups excluding tert-OH is 1. The largest absolute Gasteiger partial charge is 0.392 e. The minimum absolute atomic E-state index is 0.256. The fourth-order valence-corrected chi connectivity index (χ4v) is 10.1. The normalized spacial score (nSPS) is 41.9. The van der Waals surface area contributed by atoms with E-state index in [1.807, 2.05) is 0 Å². The van der Waals surface area contributed by atoms with E-state index in [-0.39, 0.29) is 5.41 Å². The lowest BCUT2D eigenvalue weighted by Crippen LogP contribution is -2.54. The van der Waals surface area contributed by atoms with Crippen LogP contribution in [0.15, 0.2) is 23.3 Å². The summed E-state index contributed by atoms with van der Waals surface area (Å²) in [7, 11) is 0. The number of rotatable bonds is 9. The van der Waals surface area contributed by atoms with Gasteiger partial charge in [-0.2, -0.15) is 0 Å². The zero-order chi connectivity index (χ0) is 24.8. The predicted octanol–water partition coefficient (Wildman–Crippen LogP) is 7.01. The highest BCUT2D eigenvalue weighted by molar-refractivity contribution is 8.00. The van der Waals surface area contributed by atoms with Crippen LogP contribution in [0.3, 0.4) is 0 Å². The molecule has 4 rings (SSSR count). The van der Waals surface area contributed by atoms with Crippen LogP contribution in [0.1, 0.15) is 112 Å². The molecule has 0 spiro atoms. The molecule has 3 fully saturated rings. The quantitative estimate of drug-likeness (QED) is 0.304. The van der Waals surface area contributed by atoms with E-state index in [9.17, 15) is 15.3 Å². The van der Waals surface area contributed by atoms with Crippen molar-refractivity contribution in [1.29, 1.82) is 0 Å². The summed E-state index contributed by atoms with van der Waals surface area (Å²) < 4.78 is 0. The first-order chi connectivity index (χ1) is 16.0. The van der Waals surface area contributed by atoms with E-state index in [2.05, 4.69) is 46.8 Å². The maximum atomic E-state index is 11.6. The SMILES string of the molecule is CCCC(O)(CCC)CCS[C@@]1(O)CC2=CC=C3[C@@H]4CC[C@H](CC)[C@@]4(C)CC[C@@H]3[C@@]2(C)[C@@H](O)C1. The van der Waals surface area contributed by atoms with Gasteiger partial charge in [-0.05, 0) is 73.9 Å². The summed E-state index contributed by atoms with van der Waals surface area (Å²) in [6, 6.07) is 0. The second-order valence-corrected chi connectivity index (χ2v) is 14.1. The van der Waals surface area contributed by atoms with Crippen LogP contribution >= 0.6 is 11.8 Å². The summed E-state index contributed by atoms with van der Waals surface area (Å²) in [4.78, 5) is -0.945. The van der Waals surface area contributed by atoms with Gasteiger partial charge in [0.1, 0.15) is 4.93 Å². The van der Waals surface area contributed by atoms with E-state index < -0.39 is 16.6 Å². The first-order valence-electron chi connectivity index (χ1n) is 14.2. The first kappa shape index (κ1) is 26.8. The standard InChI is InChI=1S/C30H50O3S/c1-6-14-29(32,15-7-2)17-18-34-30(33)19-22-9-11-23-24-12-10-21(8-3)27(24,4)16-13-25(23)28(22,5)26(31)20-30/h9,11,21,24-26,31-33H,6-8,10,12-20H2,1-5H3/t21-,24-,25-,26-,27+,28-,30-/m0/s1. The van der Waals surface area contributed by atoms with Gasteiger partial charge < -0.3 is 15.3 Å². The topological polar surface area (TPSA) is 60.7 Å². The molecule has 0 bridgehead atoms. The summed E-state index contributed by atoms with van der Waals surface area (Å²) in [5, 5.41) is 34.1. The van der Waals surface area contributed by atoms with Gasteiger partial charge in [0.2, 0.25) is 0 Å². The van der Waals surface area contributed by atoms with E-state index in [0.29, 0.717) is 36.5 Å². The van der Waals surface area contributed by atoms with Crippen LogP contribution in [-0.4, -0.2) is 37.7 Å². The number of hydrogen-bond acceptors (Lipinski definition) is 4. The van der Waals surface area contributed by atoms with Gasteiger partial charge >= 0.3 is 0 Å². The lowest BCUT2D eigenvalue weighted by molar-refractivity contribution is -0.0629. The first-order valence-corrected chi connectivity index (χ1v) is 15.2. The zero-order valence-corrected chi connectivity index (χ0v) is 23.2. The minimum Gasteiger partial charge on any atom is -0.392 e. The van der Waals surface area contributed by atoms with Crippen molar-refractivity contribution in [2.45, 2.75) is 128 Å². The average molecular weight is 491 g/mol. The molecule has 0 aromatic carbocycles. The molecule has 0 aromatic heterocycles. The van der Waals surface area contributed by atoms with Crippen molar-refractivity contribution < 1.29 is 15.3 Å². The molecule has 0 saturated heterocycles. The Morgan fingerprint density at radius 3 is 2.35 bits per heavy atom. The van der Waals surface area contributed by atoms with Crippen molar-refractivity contribution in [1.82, 2.24) is 0 Å². The third-order valence-electron chi connectivity index (χ3n) is 10.7. The maximum absolute atomic E-state index is 11.6. The van der Waals surface area contributed by atoms with Crippen LogP contribution in [-0.2, 0) is 0 Å². The molecule has 0 aromatic rings. The smallest absolute Gasteiger partial charge is 0.116 e. The molecule has 0 unspecified atom stereocenters. The second kappa shape index (κ2) is 9.88. The highest BCUT2D eigenvalue weighted by Crippen LogP contribution is 2.66. The molecule has 0 radical (unpaired) electrons. The molecular weight excluding hydrogens is 440 g/mol. The third kappa shape index (κ3) is 4.48. The van der Waals surface area contributed by atoms with Crippen molar-refractivity contribution in [3.8, 4) is 0 Å². The number of thioether (sulfide) groups is 1. The third-order valence-corrected chi connectivity index (χ3v) is 12.0. The Morgan fingerprint density at radius 1 is 1.00 bits per heavy atom. The van der Waals surface area contributed by atoms with Crippen molar-refractivity contribution in [2.24, 2.45) is 28.6 Å². The van der Waals surface area contributed by atoms with E-state index in [1.54, 1.807) is 17.3 Å². The monoisotopic (exact) mass is 490 g/mol. The Balaban J connectivity index is 1.51. The molecule has 4 aliphatic rings. The Morgan fingerprint density at radius 2 is 1.71 bits per heavy atom. The van der Waals surface area contributed by atoms with E-state index in [4.69, 9.17) is 0 Å². The van der Waals surface area contributed by atoms with Crippen molar-refractivity contribution in [3.63, 3.8) is 0 Å². The highest BCUT2D eigenvalue weighted by Gasteiger charge is 2.59. The number of fused-ring (bicyclic) bond motifs is 5. The highest BCUT2D eigenvalue weighted by atomic mass is 32.2. The number of hydrogen-bond donors (Lipinski definition) is 3. The Labute approximate surface area is 212 Å². The van der Waals surface area contributed by atoms with Gasteiger partial charge in [0.05, 0.1) is 11.7 Å². The van der Waals surface area contributed by atoms with E-state index >= 15 is 0 Å². The molecule has 3 saturated carbocycles. The summed E-state index contributed by atoms with van der Waals surface area (Å²) in [5.41, 5.74) is 2.37. The molecule has 0 aliphatic heterocycles. The fourth-order valence-electron chi connectivity index (χ4n) is 8.68. The van der Waals surface area contributed by atoms with Crippen LogP contribution in [0.4, 0.5) is 0 Å². The molecule has 34 heavy (non-hydrogen) atoms. The molecule has 4 aliphatic carbocycles. The van der Waals surface area contributed by atoms with Gasteiger partial charge in [-0.3, -0.25) is 0 Å². The average Bonchev–Trinajstić information content (AvgIpc) is 3.11. The van der Waals surface area contributed by atoms with Gasteiger partial charge in [-0.15, -0.1) is 11.8 Å². The molecule has 3 nitrogen and oxygen atoms in total. The minimum atomic E-state index is -0.945. The molecule has 0 heterocycles. The molecule has 194 valence electrons. The van der Waals surface area contributed by atoms with E-state index in [1.165, 1.54) is 31.3 Å². The zero-order valence-electron chi connectivity index (χ0n) is 22.4. The number of allylic oxidation sites excluding steroid dienone is 3.